The second-order valence-electron chi connectivity index (χ2n) is 3.90. The van der Waals surface area contributed by atoms with Gasteiger partial charge in [-0.15, -0.1) is 9.94 Å². The predicted octanol–water partition coefficient (Wildman–Crippen LogP) is 1.92. The average Bonchev–Trinajstić information content (AvgIpc) is 2.87. The number of rotatable bonds is 2. The molecule has 0 fully saturated rings. The van der Waals surface area contributed by atoms with E-state index in [1.807, 2.05) is 18.2 Å². The monoisotopic (exact) mass is 247 g/mol. The topological polar surface area (TPSA) is 59.6 Å². The molecule has 2 heterocycles. The number of hydrogen-bond donors (Lipinski definition) is 1. The van der Waals surface area contributed by atoms with Crippen LogP contribution >= 0.6 is 12.2 Å². The van der Waals surface area contributed by atoms with Crippen LogP contribution in [-0.4, -0.2) is 25.9 Å². The summed E-state index contributed by atoms with van der Waals surface area (Å²) in [6.07, 6.45) is 2.94. The minimum Gasteiger partial charge on any atom is -0.411 e. The van der Waals surface area contributed by atoms with E-state index in [0.29, 0.717) is 23.4 Å². The Bertz CT molecular complexity index is 633. The lowest BCUT2D eigenvalue weighted by molar-refractivity contribution is 0.161. The van der Waals surface area contributed by atoms with Crippen LogP contribution in [0, 0.1) is 0 Å². The summed E-state index contributed by atoms with van der Waals surface area (Å²) in [4.78, 5) is 5.76. The zero-order valence-electron chi connectivity index (χ0n) is 8.83. The minimum absolute atomic E-state index is 0.518. The molecule has 0 saturated carbocycles. The first kappa shape index (κ1) is 10.2. The molecule has 0 spiro atoms. The molecule has 3 rings (SSSR count). The number of hydrogen-bond acceptors (Lipinski definition) is 5. The van der Waals surface area contributed by atoms with Crippen molar-refractivity contribution in [3.63, 3.8) is 0 Å². The van der Waals surface area contributed by atoms with Crippen molar-refractivity contribution >= 4 is 33.9 Å². The zero-order valence-corrected chi connectivity index (χ0v) is 9.65. The Balaban J connectivity index is 1.88. The minimum atomic E-state index is 0.518. The maximum absolute atomic E-state index is 9.37. The first-order valence-electron chi connectivity index (χ1n) is 5.14. The van der Waals surface area contributed by atoms with Crippen molar-refractivity contribution in [1.29, 1.82) is 0 Å². The van der Waals surface area contributed by atoms with Crippen molar-refractivity contribution in [2.24, 2.45) is 5.16 Å². The highest BCUT2D eigenvalue weighted by Crippen LogP contribution is 2.17. The highest BCUT2D eigenvalue weighted by Gasteiger charge is 2.14. The Labute approximate surface area is 102 Å². The molecule has 0 radical (unpaired) electrons. The normalized spacial score (nSPS) is 15.1. The van der Waals surface area contributed by atoms with Gasteiger partial charge in [0.1, 0.15) is 5.52 Å². The van der Waals surface area contributed by atoms with Crippen molar-refractivity contribution in [2.45, 2.75) is 12.8 Å². The highest BCUT2D eigenvalue weighted by molar-refractivity contribution is 7.80. The number of benzene rings is 1. The van der Waals surface area contributed by atoms with Gasteiger partial charge in [-0.1, -0.05) is 11.2 Å². The van der Waals surface area contributed by atoms with Crippen LogP contribution in [0.25, 0.3) is 10.9 Å². The van der Waals surface area contributed by atoms with Gasteiger partial charge in [-0.05, 0) is 29.9 Å². The van der Waals surface area contributed by atoms with Crippen molar-refractivity contribution in [3.8, 4) is 0 Å². The van der Waals surface area contributed by atoms with Gasteiger partial charge in [0.25, 0.3) is 0 Å². The Morgan fingerprint density at radius 1 is 1.47 bits per heavy atom. The zero-order chi connectivity index (χ0) is 11.8. The van der Waals surface area contributed by atoms with Crippen LogP contribution in [0.2, 0.25) is 0 Å². The number of thiocarbonyl (C=S) groups is 1. The van der Waals surface area contributed by atoms with E-state index in [0.717, 1.165) is 21.5 Å². The Kier molecular flexibility index (Phi) is 2.29. The molecule has 0 unspecified atom stereocenters. The van der Waals surface area contributed by atoms with Gasteiger partial charge in [-0.25, -0.2) is 0 Å². The first-order valence-corrected chi connectivity index (χ1v) is 5.55. The van der Waals surface area contributed by atoms with E-state index in [1.165, 1.54) is 0 Å². The second-order valence-corrected chi connectivity index (χ2v) is 4.36. The van der Waals surface area contributed by atoms with Crippen LogP contribution in [0.4, 0.5) is 0 Å². The lowest BCUT2D eigenvalue weighted by Crippen LogP contribution is -2.01. The van der Waals surface area contributed by atoms with Gasteiger partial charge in [-0.3, -0.25) is 0 Å². The third-order valence-corrected chi connectivity index (χ3v) is 2.87. The largest absolute Gasteiger partial charge is 0.411 e. The van der Waals surface area contributed by atoms with Crippen LogP contribution in [-0.2, 0) is 11.3 Å². The molecule has 2 aromatic rings. The molecule has 0 saturated heterocycles. The fraction of sp³-hybridized carbons (Fsp3) is 0.182. The number of fused-ring (bicyclic) bond motifs is 1. The summed E-state index contributed by atoms with van der Waals surface area (Å²) in [5, 5.41) is 18.5. The van der Waals surface area contributed by atoms with Crippen molar-refractivity contribution in [3.05, 3.63) is 30.0 Å². The molecule has 0 amide bonds. The lowest BCUT2D eigenvalue weighted by Gasteiger charge is -1.99. The van der Waals surface area contributed by atoms with Gasteiger partial charge < -0.3 is 10.0 Å². The van der Waals surface area contributed by atoms with Crippen LogP contribution in [0.3, 0.4) is 0 Å². The molecule has 1 aliphatic heterocycles. The maximum atomic E-state index is 9.37. The summed E-state index contributed by atoms with van der Waals surface area (Å²) in [6.45, 7) is 0. The van der Waals surface area contributed by atoms with Gasteiger partial charge in [0.15, 0.2) is 0 Å². The molecule has 0 atom stereocenters. The first-order chi connectivity index (χ1) is 8.22. The van der Waals surface area contributed by atoms with Crippen molar-refractivity contribution < 1.29 is 10.0 Å². The van der Waals surface area contributed by atoms with E-state index in [4.69, 9.17) is 17.1 Å². The lowest BCUT2D eigenvalue weighted by atomic mass is 10.1. The summed E-state index contributed by atoms with van der Waals surface area (Å²) in [6, 6.07) is 5.73. The molecule has 1 aromatic carbocycles. The molecule has 17 heavy (non-hydrogen) atoms. The van der Waals surface area contributed by atoms with Gasteiger partial charge in [0.2, 0.25) is 5.05 Å². The van der Waals surface area contributed by atoms with Gasteiger partial charge in [0.05, 0.1) is 18.3 Å². The van der Waals surface area contributed by atoms with E-state index >= 15 is 0 Å². The smallest absolute Gasteiger partial charge is 0.203 e. The summed E-state index contributed by atoms with van der Waals surface area (Å²) < 4.78 is 0. The second kappa shape index (κ2) is 3.81. The SMILES string of the molecule is On1ncc2cc(CC3=NOC(=S)C3)ccc21. The predicted molar refractivity (Wildman–Crippen MR) is 66.4 cm³/mol. The van der Waals surface area contributed by atoms with E-state index in [1.54, 1.807) is 6.20 Å². The molecule has 86 valence electrons. The fourth-order valence-corrected chi connectivity index (χ4v) is 2.06. The molecule has 5 nitrogen and oxygen atoms in total. The van der Waals surface area contributed by atoms with Crippen LogP contribution < -0.4 is 0 Å². The molecule has 1 N–H and O–H groups in total. The van der Waals surface area contributed by atoms with Crippen LogP contribution in [0.15, 0.2) is 29.6 Å². The number of aromatic nitrogens is 2. The number of nitrogens with zero attached hydrogens (tertiary/aromatic N) is 3. The maximum Gasteiger partial charge on any atom is 0.203 e. The van der Waals surface area contributed by atoms with E-state index < -0.39 is 0 Å². The van der Waals surface area contributed by atoms with E-state index in [-0.39, 0.29) is 0 Å². The van der Waals surface area contributed by atoms with E-state index in [9.17, 15) is 5.21 Å². The number of oxime groups is 1. The van der Waals surface area contributed by atoms with E-state index in [2.05, 4.69) is 10.3 Å². The van der Waals surface area contributed by atoms with Gasteiger partial charge in [-0.2, -0.15) is 0 Å². The Morgan fingerprint density at radius 3 is 3.12 bits per heavy atom. The third-order valence-electron chi connectivity index (χ3n) is 2.65. The summed E-state index contributed by atoms with van der Waals surface area (Å²) in [5.41, 5.74) is 2.71. The summed E-state index contributed by atoms with van der Waals surface area (Å²) >= 11 is 4.91. The third kappa shape index (κ3) is 1.87. The quantitative estimate of drug-likeness (QED) is 0.650. The van der Waals surface area contributed by atoms with Crippen LogP contribution in [0.1, 0.15) is 12.0 Å². The van der Waals surface area contributed by atoms with Gasteiger partial charge in [0, 0.05) is 11.8 Å². The summed E-state index contributed by atoms with van der Waals surface area (Å²) in [5.74, 6) is 0. The highest BCUT2D eigenvalue weighted by atomic mass is 32.1. The molecule has 6 heteroatoms. The molecule has 0 bridgehead atoms. The molecule has 1 aliphatic rings. The standard InChI is InChI=1S/C11H9N3O2S/c15-14-10-2-1-7(3-8(10)6-12-14)4-9-5-11(17)16-13-9/h1-3,6,15H,4-5H2. The molecular weight excluding hydrogens is 238 g/mol. The van der Waals surface area contributed by atoms with Crippen molar-refractivity contribution in [1.82, 2.24) is 9.94 Å². The summed E-state index contributed by atoms with van der Waals surface area (Å²) in [7, 11) is 0. The molecular formula is C11H9N3O2S. The molecule has 1 aromatic heterocycles. The van der Waals surface area contributed by atoms with Gasteiger partial charge >= 0.3 is 0 Å². The molecule has 0 aliphatic carbocycles. The van der Waals surface area contributed by atoms with Crippen LogP contribution in [0.5, 0.6) is 0 Å². The average molecular weight is 247 g/mol. The Morgan fingerprint density at radius 2 is 2.35 bits per heavy atom. The fourth-order valence-electron chi connectivity index (χ4n) is 1.86. The Hall–Kier alpha value is -1.95. The van der Waals surface area contributed by atoms with Crippen molar-refractivity contribution in [2.75, 3.05) is 0 Å².